The fourth-order valence-corrected chi connectivity index (χ4v) is 4.68. The minimum Gasteiger partial charge on any atom is -0.366 e. The molecular weight excluding hydrogens is 571 g/mol. The van der Waals surface area contributed by atoms with Crippen LogP contribution in [-0.2, 0) is 43.9 Å². The monoisotopic (exact) mass is 598 g/mol. The van der Waals surface area contributed by atoms with Crippen LogP contribution in [-0.4, -0.2) is 40.2 Å². The van der Waals surface area contributed by atoms with Crippen molar-refractivity contribution < 1.29 is 43.6 Å². The maximum absolute atomic E-state index is 14.5. The predicted octanol–water partition coefficient (Wildman–Crippen LogP) is 3.97. The van der Waals surface area contributed by atoms with Gasteiger partial charge in [0.15, 0.2) is 11.6 Å². The van der Waals surface area contributed by atoms with E-state index < -0.39 is 67.3 Å². The summed E-state index contributed by atoms with van der Waals surface area (Å²) in [7, 11) is -8.11. The molecule has 0 bridgehead atoms. The minimum absolute atomic E-state index is 0.0107. The first kappa shape index (κ1) is 31.9. The normalized spacial score (nSPS) is 12.9. The molecule has 2 rings (SSSR count). The molecule has 0 radical (unpaired) electrons. The van der Waals surface area contributed by atoms with Gasteiger partial charge in [-0.2, -0.15) is 13.2 Å². The van der Waals surface area contributed by atoms with Crippen LogP contribution in [0.5, 0.6) is 0 Å². The summed E-state index contributed by atoms with van der Waals surface area (Å²) in [5.74, 6) is -3.70. The van der Waals surface area contributed by atoms with Gasteiger partial charge in [-0.05, 0) is 42.7 Å². The van der Waals surface area contributed by atoms with Crippen molar-refractivity contribution in [3.63, 3.8) is 0 Å². The molecule has 0 saturated carbocycles. The summed E-state index contributed by atoms with van der Waals surface area (Å²) in [6, 6.07) is 1.96. The molecule has 1 aromatic carbocycles. The number of nitrogens with two attached hydrogens (primary N) is 1. The van der Waals surface area contributed by atoms with E-state index in [1.54, 1.807) is 4.72 Å². The Bertz CT molecular complexity index is 1470. The number of primary amides is 1. The number of carbonyl (C=O) groups is 1. The highest BCUT2D eigenvalue weighted by Gasteiger charge is 2.34. The zero-order valence-electron chi connectivity index (χ0n) is 21.1. The van der Waals surface area contributed by atoms with Gasteiger partial charge in [0.25, 0.3) is 0 Å². The molecular formula is C23H27F5N4O5S2. The molecule has 1 aromatic heterocycles. The summed E-state index contributed by atoms with van der Waals surface area (Å²) < 4.78 is 120. The third kappa shape index (κ3) is 9.76. The number of alkyl halides is 3. The number of carbonyl (C=O) groups excluding carboxylic acids is 1. The van der Waals surface area contributed by atoms with Gasteiger partial charge < -0.3 is 5.73 Å². The fraction of sp³-hybridized carbons (Fsp3) is 0.391. The molecule has 0 spiro atoms. The summed E-state index contributed by atoms with van der Waals surface area (Å²) in [6.45, 7) is 1.86. The average molecular weight is 599 g/mol. The van der Waals surface area contributed by atoms with Crippen LogP contribution in [0, 0.1) is 11.6 Å². The highest BCUT2D eigenvalue weighted by Crippen LogP contribution is 2.34. The molecule has 0 fully saturated rings. The molecule has 2 aromatic rings. The molecule has 0 aliphatic rings. The second kappa shape index (κ2) is 12.3. The number of amides is 1. The lowest BCUT2D eigenvalue weighted by Gasteiger charge is -2.17. The number of aryl methyl sites for hydroxylation is 1. The third-order valence-corrected chi connectivity index (χ3v) is 6.33. The second-order valence-corrected chi connectivity index (χ2v) is 12.3. The van der Waals surface area contributed by atoms with E-state index in [4.69, 9.17) is 5.73 Å². The summed E-state index contributed by atoms with van der Waals surface area (Å²) >= 11 is 0. The minimum atomic E-state index is -4.92. The molecule has 0 unspecified atom stereocenters. The number of anilines is 2. The predicted molar refractivity (Wildman–Crippen MR) is 137 cm³/mol. The topological polar surface area (TPSA) is 148 Å². The van der Waals surface area contributed by atoms with Gasteiger partial charge >= 0.3 is 6.18 Å². The number of sulfonamides is 2. The molecule has 0 aliphatic heterocycles. The first-order chi connectivity index (χ1) is 17.8. The van der Waals surface area contributed by atoms with Gasteiger partial charge in [0, 0.05) is 17.6 Å². The van der Waals surface area contributed by atoms with Crippen molar-refractivity contribution in [2.45, 2.75) is 45.2 Å². The quantitative estimate of drug-likeness (QED) is 0.191. The van der Waals surface area contributed by atoms with Crippen molar-refractivity contribution in [3.8, 4) is 0 Å². The lowest BCUT2D eigenvalue weighted by atomic mass is 9.98. The highest BCUT2D eigenvalue weighted by molar-refractivity contribution is 7.92. The maximum atomic E-state index is 14.5. The van der Waals surface area contributed by atoms with Crippen molar-refractivity contribution in [2.24, 2.45) is 5.73 Å². The highest BCUT2D eigenvalue weighted by atomic mass is 32.2. The molecule has 1 heterocycles. The lowest BCUT2D eigenvalue weighted by molar-refractivity contribution is -0.141. The zero-order valence-corrected chi connectivity index (χ0v) is 22.8. The van der Waals surface area contributed by atoms with Gasteiger partial charge in [0.05, 0.1) is 23.9 Å². The average Bonchev–Trinajstić information content (AvgIpc) is 2.75. The smallest absolute Gasteiger partial charge is 0.366 e. The molecule has 4 N–H and O–H groups in total. The van der Waals surface area contributed by atoms with E-state index in [-0.39, 0.29) is 28.8 Å². The number of rotatable bonds is 12. The number of nitrogens with one attached hydrogen (secondary N) is 2. The Hall–Kier alpha value is -3.27. The van der Waals surface area contributed by atoms with Crippen LogP contribution in [0.2, 0.25) is 0 Å². The van der Waals surface area contributed by atoms with Crippen LogP contribution in [0.25, 0.3) is 6.08 Å². The van der Waals surface area contributed by atoms with E-state index in [9.17, 15) is 43.6 Å². The van der Waals surface area contributed by atoms with E-state index in [0.717, 1.165) is 24.5 Å². The fourth-order valence-electron chi connectivity index (χ4n) is 3.55. The number of pyridine rings is 1. The van der Waals surface area contributed by atoms with Gasteiger partial charge in [-0.15, -0.1) is 0 Å². The Morgan fingerprint density at radius 3 is 2.03 bits per heavy atom. The SMILES string of the molecule is CCCCCc1nc(C(F)(F)F)cc(NS(C)(=O)=O)c1C=C(Cc1cc(F)c(NS(C)(=O)=O)c(F)c1)C(N)=O. The van der Waals surface area contributed by atoms with Crippen LogP contribution in [0.3, 0.4) is 0 Å². The van der Waals surface area contributed by atoms with E-state index >= 15 is 0 Å². The van der Waals surface area contributed by atoms with Gasteiger partial charge in [-0.25, -0.2) is 30.6 Å². The van der Waals surface area contributed by atoms with Crippen LogP contribution >= 0.6 is 0 Å². The van der Waals surface area contributed by atoms with Crippen molar-refractivity contribution >= 4 is 43.4 Å². The molecule has 0 saturated heterocycles. The van der Waals surface area contributed by atoms with E-state index in [1.165, 1.54) is 0 Å². The number of nitrogens with zero attached hydrogens (tertiary/aromatic N) is 1. The van der Waals surface area contributed by atoms with Crippen molar-refractivity contribution in [1.29, 1.82) is 0 Å². The van der Waals surface area contributed by atoms with Crippen molar-refractivity contribution in [2.75, 3.05) is 22.0 Å². The summed E-state index contributed by atoms with van der Waals surface area (Å²) in [5.41, 5.74) is 1.76. The number of hydrogen-bond donors (Lipinski definition) is 3. The standard InChI is InChI=1S/C23H27F5N4O5S2/c1-4-5-6-7-18-15(19(31-38(2,34)35)12-20(30-18)23(26,27)28)11-14(22(29)33)8-13-9-16(24)21(17(25)10-13)32-39(3,36)37/h9-12,32H,4-8H2,1-3H3,(H2,29,33)(H,30,31). The molecule has 16 heteroatoms. The number of unbranched alkanes of at least 4 members (excludes halogenated alkanes) is 2. The summed E-state index contributed by atoms with van der Waals surface area (Å²) in [4.78, 5) is 15.9. The number of aromatic nitrogens is 1. The zero-order chi connectivity index (χ0) is 29.8. The van der Waals surface area contributed by atoms with Crippen molar-refractivity contribution in [3.05, 3.63) is 57.9 Å². The number of hydrogen-bond acceptors (Lipinski definition) is 6. The van der Waals surface area contributed by atoms with Crippen LogP contribution in [0.4, 0.5) is 33.3 Å². The Labute approximate surface area is 222 Å². The summed E-state index contributed by atoms with van der Waals surface area (Å²) in [6.07, 6.45) is -1.32. The van der Waals surface area contributed by atoms with Gasteiger partial charge in [0.1, 0.15) is 11.4 Å². The van der Waals surface area contributed by atoms with Crippen LogP contribution in [0.1, 0.15) is 48.7 Å². The number of halogens is 5. The second-order valence-electron chi connectivity index (χ2n) is 8.76. The van der Waals surface area contributed by atoms with Crippen LogP contribution in [0.15, 0.2) is 23.8 Å². The maximum Gasteiger partial charge on any atom is 0.433 e. The lowest BCUT2D eigenvalue weighted by Crippen LogP contribution is -2.19. The van der Waals surface area contributed by atoms with E-state index in [2.05, 4.69) is 4.98 Å². The molecule has 1 amide bonds. The first-order valence-electron chi connectivity index (χ1n) is 11.4. The molecule has 0 aliphatic carbocycles. The van der Waals surface area contributed by atoms with E-state index in [1.807, 2.05) is 11.6 Å². The molecule has 9 nitrogen and oxygen atoms in total. The summed E-state index contributed by atoms with van der Waals surface area (Å²) in [5, 5.41) is 0. The Kier molecular flexibility index (Phi) is 10.1. The Morgan fingerprint density at radius 2 is 1.56 bits per heavy atom. The third-order valence-electron chi connectivity index (χ3n) is 5.16. The van der Waals surface area contributed by atoms with Crippen LogP contribution < -0.4 is 15.2 Å². The Morgan fingerprint density at radius 1 is 1.00 bits per heavy atom. The van der Waals surface area contributed by atoms with Gasteiger partial charge in [-0.3, -0.25) is 14.2 Å². The molecule has 39 heavy (non-hydrogen) atoms. The number of benzene rings is 1. The first-order valence-corrected chi connectivity index (χ1v) is 15.1. The van der Waals surface area contributed by atoms with Crippen molar-refractivity contribution in [1.82, 2.24) is 4.98 Å². The largest absolute Gasteiger partial charge is 0.433 e. The van der Waals surface area contributed by atoms with E-state index in [0.29, 0.717) is 31.6 Å². The molecule has 0 atom stereocenters. The Balaban J connectivity index is 2.72. The van der Waals surface area contributed by atoms with Gasteiger partial charge in [-0.1, -0.05) is 19.8 Å². The van der Waals surface area contributed by atoms with Gasteiger partial charge in [0.2, 0.25) is 26.0 Å². The molecule has 216 valence electrons.